The average molecular weight is 686 g/mol. The molecule has 0 aromatic carbocycles. The third kappa shape index (κ3) is 5.82. The highest BCUT2D eigenvalue weighted by atomic mass is 16.6. The fourth-order valence-electron chi connectivity index (χ4n) is 12.8. The molecule has 0 bridgehead atoms. The second-order valence-electron chi connectivity index (χ2n) is 17.2. The van der Waals surface area contributed by atoms with Crippen LogP contribution in [-0.4, -0.2) is 133 Å². The summed E-state index contributed by atoms with van der Waals surface area (Å²) in [4.78, 5) is 0. The third-order valence-electron chi connectivity index (χ3n) is 15.3. The molecule has 0 aromatic rings. The van der Waals surface area contributed by atoms with E-state index in [9.17, 15) is 46.0 Å². The standard InChI is InChI=1S/C36H63NO11/c1-16(5-4-10-38)20-6-7-21-26-19(33-31(45)29(43)27(41)24(14-39)47-33)12-17-11-18(37)8-9-35(17,2)22(26)13-23(36(20,21)3)34-32(46)30(44)28(42)25(15-40)48-34/h16-34,38-46H,4-15,37H2,1-3H3/t16-,17+,18+,19+,20-,21+,22+,23+,24-,25-,26+,27-,28-,29+,30+,31-,32-,33?,34+,35+,36-/m1/s1. The summed E-state index contributed by atoms with van der Waals surface area (Å²) < 4.78 is 12.8. The van der Waals surface area contributed by atoms with Crippen LogP contribution in [-0.2, 0) is 9.47 Å². The lowest BCUT2D eigenvalue weighted by Crippen LogP contribution is -2.69. The van der Waals surface area contributed by atoms with Crippen molar-refractivity contribution in [2.45, 2.75) is 146 Å². The van der Waals surface area contributed by atoms with Crippen molar-refractivity contribution >= 4 is 0 Å². The highest BCUT2D eigenvalue weighted by molar-refractivity contribution is 5.18. The van der Waals surface area contributed by atoms with Crippen LogP contribution < -0.4 is 5.73 Å². The van der Waals surface area contributed by atoms with Gasteiger partial charge in [-0.25, -0.2) is 0 Å². The molecule has 278 valence electrons. The van der Waals surface area contributed by atoms with Crippen LogP contribution in [0.25, 0.3) is 0 Å². The summed E-state index contributed by atoms with van der Waals surface area (Å²) in [5.41, 5.74) is 6.04. The maximum Gasteiger partial charge on any atom is 0.111 e. The van der Waals surface area contributed by atoms with Gasteiger partial charge in [0.15, 0.2) is 0 Å². The van der Waals surface area contributed by atoms with Crippen LogP contribution in [0.3, 0.4) is 0 Å². The topological polar surface area (TPSA) is 227 Å². The molecule has 2 heterocycles. The summed E-state index contributed by atoms with van der Waals surface area (Å²) in [6.07, 6.45) is -4.90. The Kier molecular flexibility index (Phi) is 11.0. The first-order valence-electron chi connectivity index (χ1n) is 18.7. The summed E-state index contributed by atoms with van der Waals surface area (Å²) in [5, 5.41) is 96.5. The summed E-state index contributed by atoms with van der Waals surface area (Å²) in [7, 11) is 0. The summed E-state index contributed by atoms with van der Waals surface area (Å²) in [6.45, 7) is 5.97. The molecular formula is C36H63NO11. The molecule has 0 radical (unpaired) electrons. The lowest BCUT2D eigenvalue weighted by Gasteiger charge is -2.67. The molecule has 21 atom stereocenters. The Morgan fingerprint density at radius 3 is 1.92 bits per heavy atom. The Morgan fingerprint density at radius 2 is 1.31 bits per heavy atom. The van der Waals surface area contributed by atoms with Gasteiger partial charge in [-0.05, 0) is 116 Å². The minimum atomic E-state index is -1.48. The molecule has 6 rings (SSSR count). The molecule has 2 aliphatic heterocycles. The van der Waals surface area contributed by atoms with Crippen LogP contribution in [0.15, 0.2) is 0 Å². The van der Waals surface area contributed by atoms with E-state index in [-0.39, 0.29) is 65.4 Å². The minimum Gasteiger partial charge on any atom is -0.396 e. The van der Waals surface area contributed by atoms with Crippen molar-refractivity contribution < 1.29 is 55.4 Å². The van der Waals surface area contributed by atoms with Gasteiger partial charge in [-0.3, -0.25) is 0 Å². The van der Waals surface area contributed by atoms with Gasteiger partial charge in [0.05, 0.1) is 25.4 Å². The monoisotopic (exact) mass is 685 g/mol. The maximum atomic E-state index is 11.6. The van der Waals surface area contributed by atoms with Crippen LogP contribution in [0.1, 0.15) is 78.6 Å². The number of ether oxygens (including phenoxy) is 2. The first-order chi connectivity index (χ1) is 22.7. The van der Waals surface area contributed by atoms with Crippen molar-refractivity contribution in [3.8, 4) is 0 Å². The first kappa shape index (κ1) is 37.3. The molecule has 11 N–H and O–H groups in total. The third-order valence-corrected chi connectivity index (χ3v) is 15.3. The van der Waals surface area contributed by atoms with Crippen LogP contribution in [0.5, 0.6) is 0 Å². The van der Waals surface area contributed by atoms with Gasteiger partial charge in [0, 0.05) is 12.6 Å². The summed E-state index contributed by atoms with van der Waals surface area (Å²) in [5.74, 6) is 0.402. The summed E-state index contributed by atoms with van der Waals surface area (Å²) >= 11 is 0. The number of hydrogen-bond acceptors (Lipinski definition) is 12. The molecule has 12 nitrogen and oxygen atoms in total. The zero-order valence-electron chi connectivity index (χ0n) is 28.9. The van der Waals surface area contributed by atoms with Crippen LogP contribution in [0.4, 0.5) is 0 Å². The van der Waals surface area contributed by atoms with Crippen molar-refractivity contribution in [3.63, 3.8) is 0 Å². The number of hydrogen-bond donors (Lipinski definition) is 10. The highest BCUT2D eigenvalue weighted by Crippen LogP contribution is 2.72. The Hall–Kier alpha value is -0.480. The molecule has 6 aliphatic rings. The highest BCUT2D eigenvalue weighted by Gasteiger charge is 2.69. The normalized spacial score (nSPS) is 56.2. The fourth-order valence-corrected chi connectivity index (χ4v) is 12.8. The molecule has 0 amide bonds. The van der Waals surface area contributed by atoms with Crippen LogP contribution in [0, 0.1) is 58.2 Å². The Bertz CT molecular complexity index is 1100. The van der Waals surface area contributed by atoms with E-state index in [2.05, 4.69) is 20.8 Å². The quantitative estimate of drug-likeness (QED) is 0.156. The van der Waals surface area contributed by atoms with Gasteiger partial charge >= 0.3 is 0 Å². The van der Waals surface area contributed by atoms with Gasteiger partial charge in [-0.1, -0.05) is 20.8 Å². The molecule has 0 aromatic heterocycles. The molecule has 1 unspecified atom stereocenters. The molecule has 4 aliphatic carbocycles. The van der Waals surface area contributed by atoms with Gasteiger partial charge in [0.25, 0.3) is 0 Å². The number of fused-ring (bicyclic) bond motifs is 5. The molecule has 48 heavy (non-hydrogen) atoms. The van der Waals surface area contributed by atoms with Crippen molar-refractivity contribution in [3.05, 3.63) is 0 Å². The van der Waals surface area contributed by atoms with Crippen LogP contribution in [0.2, 0.25) is 0 Å². The second-order valence-corrected chi connectivity index (χ2v) is 17.2. The van der Waals surface area contributed by atoms with Crippen molar-refractivity contribution in [2.24, 2.45) is 63.9 Å². The van der Waals surface area contributed by atoms with Crippen molar-refractivity contribution in [1.29, 1.82) is 0 Å². The van der Waals surface area contributed by atoms with E-state index in [0.29, 0.717) is 12.8 Å². The number of aliphatic hydroxyl groups excluding tert-OH is 9. The van der Waals surface area contributed by atoms with Gasteiger partial charge in [0.2, 0.25) is 0 Å². The maximum absolute atomic E-state index is 11.6. The largest absolute Gasteiger partial charge is 0.396 e. The number of rotatable bonds is 8. The van der Waals surface area contributed by atoms with E-state index in [1.807, 2.05) is 0 Å². The molecular weight excluding hydrogens is 622 g/mol. The molecule has 4 saturated carbocycles. The Morgan fingerprint density at radius 1 is 0.708 bits per heavy atom. The lowest BCUT2D eigenvalue weighted by atomic mass is 9.39. The van der Waals surface area contributed by atoms with Crippen molar-refractivity contribution in [2.75, 3.05) is 19.8 Å². The Balaban J connectivity index is 1.47. The molecule has 12 heteroatoms. The van der Waals surface area contributed by atoms with E-state index >= 15 is 0 Å². The zero-order valence-corrected chi connectivity index (χ0v) is 28.9. The van der Waals surface area contributed by atoms with Gasteiger partial charge < -0.3 is 61.2 Å². The van der Waals surface area contributed by atoms with Gasteiger partial charge in [-0.2, -0.15) is 0 Å². The lowest BCUT2D eigenvalue weighted by molar-refractivity contribution is -0.287. The number of nitrogens with two attached hydrogens (primary N) is 1. The zero-order chi connectivity index (χ0) is 34.9. The second kappa shape index (κ2) is 14.2. The smallest absolute Gasteiger partial charge is 0.111 e. The SMILES string of the molecule is C[C@H](CCCO)[C@H]1CC[C@H]2[C@@H]3[C@@H](C4O[C@H](CO)[C@@H](O)[C@H](O)[C@H]4O)C[C@@H]4C[C@@H](N)CC[C@]4(C)[C@H]3C[C@@H]([C@@H]3O[C@H](CO)[C@@H](O)[C@H](O)[C@H]3O)[C@]12C. The summed E-state index contributed by atoms with van der Waals surface area (Å²) in [6, 6.07) is 0.0356. The van der Waals surface area contributed by atoms with E-state index in [1.165, 1.54) is 0 Å². The average Bonchev–Trinajstić information content (AvgIpc) is 3.43. The van der Waals surface area contributed by atoms with Gasteiger partial charge in [-0.15, -0.1) is 0 Å². The predicted octanol–water partition coefficient (Wildman–Crippen LogP) is -0.482. The van der Waals surface area contributed by atoms with E-state index in [1.54, 1.807) is 0 Å². The molecule has 6 fully saturated rings. The number of aliphatic hydroxyl groups is 9. The van der Waals surface area contributed by atoms with Crippen LogP contribution >= 0.6 is 0 Å². The molecule has 2 saturated heterocycles. The van der Waals surface area contributed by atoms with E-state index in [0.717, 1.165) is 44.9 Å². The van der Waals surface area contributed by atoms with E-state index in [4.69, 9.17) is 15.2 Å². The van der Waals surface area contributed by atoms with Crippen molar-refractivity contribution in [1.82, 2.24) is 0 Å². The van der Waals surface area contributed by atoms with Gasteiger partial charge in [0.1, 0.15) is 48.8 Å². The minimum absolute atomic E-state index is 0.0356. The fraction of sp³-hybridized carbons (Fsp3) is 1.00. The predicted molar refractivity (Wildman–Crippen MR) is 174 cm³/mol. The molecule has 0 spiro atoms. The first-order valence-corrected chi connectivity index (χ1v) is 18.7. The van der Waals surface area contributed by atoms with E-state index < -0.39 is 79.7 Å². The Labute approximate surface area is 284 Å².